The van der Waals surface area contributed by atoms with Gasteiger partial charge in [0.1, 0.15) is 17.6 Å². The maximum absolute atomic E-state index is 14.4. The fourth-order valence-electron chi connectivity index (χ4n) is 8.32. The highest BCUT2D eigenvalue weighted by Crippen LogP contribution is 2.60. The molecule has 1 saturated heterocycles. The summed E-state index contributed by atoms with van der Waals surface area (Å²) in [5.41, 5.74) is 2.57. The molecule has 0 radical (unpaired) electrons. The standard InChI is InChI=1S/C39H48ClN7O4/c1-4-41-36(49)32(24-10-6-5-7-11-24)46-37(50)39(19-21-51-23-39)25-14-15-28-29(22-25)44-34(43-28)33(45-35(48)30-16-20-42-47(30)3)31(38(2)17-18-38)26-12-8-9-13-27(26)40/h8-9,12-16,20,22,24,31-33H,4-7,10-11,17-19,21,23H2,1-3H3,(H,41,49)(H,43,44)(H,45,48)(H,46,50)/t31-,32+,33-,39?/m0/s1. The molecule has 3 fully saturated rings. The number of likely N-dealkylation sites (N-methyl/N-ethyl adjacent to an activating group) is 1. The van der Waals surface area contributed by atoms with E-state index in [1.54, 1.807) is 24.0 Å². The number of H-pyrrole nitrogens is 1. The number of hydrogen-bond acceptors (Lipinski definition) is 6. The monoisotopic (exact) mass is 713 g/mol. The molecule has 4 N–H and O–H groups in total. The van der Waals surface area contributed by atoms with Gasteiger partial charge in [-0.1, -0.05) is 62.1 Å². The van der Waals surface area contributed by atoms with Gasteiger partial charge >= 0.3 is 0 Å². The van der Waals surface area contributed by atoms with Crippen LogP contribution in [0.25, 0.3) is 11.0 Å². The number of fused-ring (bicyclic) bond motifs is 1. The van der Waals surface area contributed by atoms with Crippen LogP contribution in [0.2, 0.25) is 5.02 Å². The SMILES string of the molecule is CCNC(=O)[C@H](NC(=O)C1(c2ccc3nc([C@@H](NC(=O)c4ccnn4C)[C@H](c4ccccc4Cl)C4(C)CC4)[nH]c3c2)CCOC1)C1CCCCC1. The van der Waals surface area contributed by atoms with Gasteiger partial charge in [0, 0.05) is 37.3 Å². The number of rotatable bonds is 12. The van der Waals surface area contributed by atoms with Crippen molar-refractivity contribution >= 4 is 40.4 Å². The average molecular weight is 714 g/mol. The van der Waals surface area contributed by atoms with Crippen molar-refractivity contribution in [2.45, 2.75) is 88.6 Å². The second-order valence-electron chi connectivity index (χ2n) is 14.9. The van der Waals surface area contributed by atoms with Crippen LogP contribution in [0.4, 0.5) is 0 Å². The molecule has 270 valence electrons. The Balaban J connectivity index is 1.25. The molecule has 1 aliphatic heterocycles. The Morgan fingerprint density at radius 2 is 1.84 bits per heavy atom. The summed E-state index contributed by atoms with van der Waals surface area (Å²) in [6, 6.07) is 14.2. The topological polar surface area (TPSA) is 143 Å². The van der Waals surface area contributed by atoms with Crippen molar-refractivity contribution in [2.24, 2.45) is 18.4 Å². The van der Waals surface area contributed by atoms with Gasteiger partial charge in [-0.05, 0) is 85.8 Å². The third-order valence-corrected chi connectivity index (χ3v) is 11.9. The van der Waals surface area contributed by atoms with Crippen LogP contribution in [-0.2, 0) is 26.8 Å². The number of nitrogens with one attached hydrogen (secondary N) is 4. The first-order chi connectivity index (χ1) is 24.6. The van der Waals surface area contributed by atoms with Gasteiger partial charge in [-0.25, -0.2) is 4.98 Å². The van der Waals surface area contributed by atoms with Crippen LogP contribution in [-0.4, -0.2) is 63.3 Å². The van der Waals surface area contributed by atoms with E-state index in [0.717, 1.165) is 61.6 Å². The highest BCUT2D eigenvalue weighted by atomic mass is 35.5. The zero-order chi connectivity index (χ0) is 35.8. The Hall–Kier alpha value is -4.22. The van der Waals surface area contributed by atoms with Crippen LogP contribution < -0.4 is 16.0 Å². The molecule has 11 nitrogen and oxygen atoms in total. The number of aryl methyl sites for hydroxylation is 1. The van der Waals surface area contributed by atoms with Gasteiger partial charge in [0.05, 0.1) is 29.1 Å². The number of aromatic nitrogens is 4. The number of carbonyl (C=O) groups is 3. The van der Waals surface area contributed by atoms with Crippen LogP contribution in [0.5, 0.6) is 0 Å². The number of carbonyl (C=O) groups excluding carboxylic acids is 3. The van der Waals surface area contributed by atoms with Crippen LogP contribution in [0, 0.1) is 11.3 Å². The van der Waals surface area contributed by atoms with E-state index in [2.05, 4.69) is 33.0 Å². The Morgan fingerprint density at radius 3 is 2.51 bits per heavy atom. The maximum atomic E-state index is 14.4. The molecule has 1 unspecified atom stereocenters. The maximum Gasteiger partial charge on any atom is 0.270 e. The van der Waals surface area contributed by atoms with Crippen molar-refractivity contribution in [3.63, 3.8) is 0 Å². The molecule has 0 bridgehead atoms. The second kappa shape index (κ2) is 14.4. The van der Waals surface area contributed by atoms with Gasteiger partial charge in [-0.15, -0.1) is 0 Å². The first kappa shape index (κ1) is 35.2. The predicted octanol–water partition coefficient (Wildman–Crippen LogP) is 5.86. The van der Waals surface area contributed by atoms with Crippen molar-refractivity contribution in [1.82, 2.24) is 35.7 Å². The minimum atomic E-state index is -0.965. The highest BCUT2D eigenvalue weighted by Gasteiger charge is 2.51. The van der Waals surface area contributed by atoms with E-state index in [0.29, 0.717) is 41.6 Å². The third kappa shape index (κ3) is 6.90. The lowest BCUT2D eigenvalue weighted by molar-refractivity contribution is -0.133. The molecule has 2 aromatic heterocycles. The quantitative estimate of drug-likeness (QED) is 0.145. The molecule has 2 aliphatic carbocycles. The van der Waals surface area contributed by atoms with Crippen LogP contribution in [0.3, 0.4) is 0 Å². The molecule has 12 heteroatoms. The minimum Gasteiger partial charge on any atom is -0.380 e. The summed E-state index contributed by atoms with van der Waals surface area (Å²) < 4.78 is 7.45. The molecular formula is C39H48ClN7O4. The summed E-state index contributed by atoms with van der Waals surface area (Å²) in [7, 11) is 1.74. The van der Waals surface area contributed by atoms with Crippen molar-refractivity contribution in [3.05, 3.63) is 82.4 Å². The summed E-state index contributed by atoms with van der Waals surface area (Å²) in [5, 5.41) is 14.3. The first-order valence-electron chi connectivity index (χ1n) is 18.3. The summed E-state index contributed by atoms with van der Waals surface area (Å²) in [4.78, 5) is 50.1. The van der Waals surface area contributed by atoms with E-state index in [1.807, 2.05) is 49.4 Å². The smallest absolute Gasteiger partial charge is 0.270 e. The van der Waals surface area contributed by atoms with Gasteiger partial charge in [0.2, 0.25) is 11.8 Å². The lowest BCUT2D eigenvalue weighted by atomic mass is 9.77. The second-order valence-corrected chi connectivity index (χ2v) is 15.3. The Morgan fingerprint density at radius 1 is 1.06 bits per heavy atom. The van der Waals surface area contributed by atoms with E-state index in [4.69, 9.17) is 21.3 Å². The van der Waals surface area contributed by atoms with Crippen LogP contribution in [0.1, 0.15) is 105 Å². The predicted molar refractivity (Wildman–Crippen MR) is 195 cm³/mol. The minimum absolute atomic E-state index is 0.101. The molecule has 7 rings (SSSR count). The molecule has 4 aromatic rings. The Bertz CT molecular complexity index is 1900. The highest BCUT2D eigenvalue weighted by molar-refractivity contribution is 6.31. The lowest BCUT2D eigenvalue weighted by Crippen LogP contribution is -2.56. The van der Waals surface area contributed by atoms with E-state index < -0.39 is 17.5 Å². The third-order valence-electron chi connectivity index (χ3n) is 11.5. The van der Waals surface area contributed by atoms with Gasteiger partial charge < -0.3 is 25.7 Å². The summed E-state index contributed by atoms with van der Waals surface area (Å²) >= 11 is 6.85. The molecule has 3 heterocycles. The van der Waals surface area contributed by atoms with Crippen molar-refractivity contribution < 1.29 is 19.1 Å². The van der Waals surface area contributed by atoms with Crippen LogP contribution in [0.15, 0.2) is 54.7 Å². The van der Waals surface area contributed by atoms with Crippen LogP contribution >= 0.6 is 11.6 Å². The van der Waals surface area contributed by atoms with E-state index >= 15 is 0 Å². The molecule has 51 heavy (non-hydrogen) atoms. The summed E-state index contributed by atoms with van der Waals surface area (Å²) in [6.45, 7) is 5.29. The number of benzene rings is 2. The van der Waals surface area contributed by atoms with Gasteiger partial charge in [0.15, 0.2) is 0 Å². The molecule has 3 amide bonds. The average Bonchev–Trinajstić information content (AvgIpc) is 3.51. The number of halogens is 1. The largest absolute Gasteiger partial charge is 0.380 e. The number of hydrogen-bond donors (Lipinski definition) is 4. The molecule has 3 aliphatic rings. The summed E-state index contributed by atoms with van der Waals surface area (Å²) in [5.74, 6) is -0.0509. The normalized spacial score (nSPS) is 21.9. The number of nitrogens with zero attached hydrogens (tertiary/aromatic N) is 3. The summed E-state index contributed by atoms with van der Waals surface area (Å²) in [6.07, 6.45) is 9.18. The molecule has 0 spiro atoms. The fourth-order valence-corrected chi connectivity index (χ4v) is 8.57. The van der Waals surface area contributed by atoms with Gasteiger partial charge in [0.25, 0.3) is 5.91 Å². The van der Waals surface area contributed by atoms with E-state index in [1.165, 1.54) is 0 Å². The fraction of sp³-hybridized carbons (Fsp3) is 0.513. The lowest BCUT2D eigenvalue weighted by Gasteiger charge is -2.34. The Kier molecular flexibility index (Phi) is 9.95. The van der Waals surface area contributed by atoms with Gasteiger partial charge in [-0.2, -0.15) is 5.10 Å². The van der Waals surface area contributed by atoms with Gasteiger partial charge in [-0.3, -0.25) is 19.1 Å². The molecule has 2 aromatic carbocycles. The Labute approximate surface area is 303 Å². The molecule has 4 atom stereocenters. The van der Waals surface area contributed by atoms with Crippen molar-refractivity contribution in [3.8, 4) is 0 Å². The molecule has 2 saturated carbocycles. The number of amides is 3. The number of aromatic amines is 1. The van der Waals surface area contributed by atoms with E-state index in [-0.39, 0.29) is 41.6 Å². The van der Waals surface area contributed by atoms with Crippen molar-refractivity contribution in [2.75, 3.05) is 19.8 Å². The zero-order valence-electron chi connectivity index (χ0n) is 29.6. The van der Waals surface area contributed by atoms with E-state index in [9.17, 15) is 14.4 Å². The number of ether oxygens (including phenoxy) is 1. The first-order valence-corrected chi connectivity index (χ1v) is 18.7. The zero-order valence-corrected chi connectivity index (χ0v) is 30.4. The van der Waals surface area contributed by atoms with Crippen molar-refractivity contribution in [1.29, 1.82) is 0 Å². The number of imidazole rings is 1. The molecular weight excluding hydrogens is 666 g/mol.